The summed E-state index contributed by atoms with van der Waals surface area (Å²) >= 11 is 1.45. The van der Waals surface area contributed by atoms with Crippen molar-refractivity contribution in [3.05, 3.63) is 52.7 Å². The van der Waals surface area contributed by atoms with Crippen molar-refractivity contribution in [1.82, 2.24) is 9.29 Å². The highest BCUT2D eigenvalue weighted by atomic mass is 32.2. The van der Waals surface area contributed by atoms with E-state index in [1.54, 1.807) is 18.2 Å². The number of ether oxygens (including phenoxy) is 1. The lowest BCUT2D eigenvalue weighted by Gasteiger charge is -2.26. The SMILES string of the molecule is Cc1cc(C)c(C#N)c(SCc2cccc(S(=O)(=O)N3CCOCC3)c2)n1. The second-order valence-electron chi connectivity index (χ2n) is 6.33. The highest BCUT2D eigenvalue weighted by Crippen LogP contribution is 2.28. The first-order chi connectivity index (χ1) is 12.9. The summed E-state index contributed by atoms with van der Waals surface area (Å²) in [6, 6.07) is 11.1. The molecule has 0 radical (unpaired) electrons. The molecule has 1 aromatic carbocycles. The molecule has 8 heteroatoms. The second-order valence-corrected chi connectivity index (χ2v) is 9.23. The molecular weight excluding hydrogens is 382 g/mol. The fourth-order valence-corrected chi connectivity index (χ4v) is 5.45. The first-order valence-corrected chi connectivity index (χ1v) is 11.0. The molecule has 0 amide bonds. The molecule has 0 atom stereocenters. The minimum Gasteiger partial charge on any atom is -0.379 e. The number of hydrogen-bond acceptors (Lipinski definition) is 6. The van der Waals surface area contributed by atoms with Gasteiger partial charge in [-0.2, -0.15) is 9.57 Å². The van der Waals surface area contributed by atoms with E-state index in [4.69, 9.17) is 4.74 Å². The van der Waals surface area contributed by atoms with E-state index in [0.29, 0.717) is 42.6 Å². The number of nitriles is 1. The van der Waals surface area contributed by atoms with Gasteiger partial charge in [-0.05, 0) is 43.2 Å². The molecule has 1 aromatic heterocycles. The van der Waals surface area contributed by atoms with Gasteiger partial charge in [0.2, 0.25) is 10.0 Å². The fourth-order valence-electron chi connectivity index (χ4n) is 2.93. The second kappa shape index (κ2) is 8.40. The van der Waals surface area contributed by atoms with Gasteiger partial charge in [-0.3, -0.25) is 0 Å². The van der Waals surface area contributed by atoms with Crippen molar-refractivity contribution in [2.45, 2.75) is 29.5 Å². The Bertz CT molecular complexity index is 978. The summed E-state index contributed by atoms with van der Waals surface area (Å²) in [4.78, 5) is 4.75. The average molecular weight is 404 g/mol. The van der Waals surface area contributed by atoms with E-state index in [9.17, 15) is 13.7 Å². The van der Waals surface area contributed by atoms with Gasteiger partial charge in [0.15, 0.2) is 0 Å². The number of sulfonamides is 1. The normalized spacial score (nSPS) is 15.4. The van der Waals surface area contributed by atoms with Crippen molar-refractivity contribution >= 4 is 21.8 Å². The zero-order valence-corrected chi connectivity index (χ0v) is 16.9. The molecule has 2 heterocycles. The standard InChI is InChI=1S/C19H21N3O3S2/c1-14-10-15(2)21-19(18(14)12-20)26-13-16-4-3-5-17(11-16)27(23,24)22-6-8-25-9-7-22/h3-5,10-11H,6-9,13H2,1-2H3. The van der Waals surface area contributed by atoms with Crippen molar-refractivity contribution < 1.29 is 13.2 Å². The maximum absolute atomic E-state index is 12.8. The number of benzene rings is 1. The van der Waals surface area contributed by atoms with Crippen LogP contribution in [0, 0.1) is 25.2 Å². The smallest absolute Gasteiger partial charge is 0.243 e. The van der Waals surface area contributed by atoms with E-state index in [0.717, 1.165) is 16.8 Å². The highest BCUT2D eigenvalue weighted by molar-refractivity contribution is 7.98. The van der Waals surface area contributed by atoms with Gasteiger partial charge in [-0.1, -0.05) is 12.1 Å². The quantitative estimate of drug-likeness (QED) is 0.714. The van der Waals surface area contributed by atoms with E-state index in [-0.39, 0.29) is 4.90 Å². The lowest BCUT2D eigenvalue weighted by atomic mass is 10.1. The number of thioether (sulfide) groups is 1. The van der Waals surface area contributed by atoms with Crippen LogP contribution in [0.15, 0.2) is 40.3 Å². The predicted octanol–water partition coefficient (Wildman–Crippen LogP) is 2.88. The van der Waals surface area contributed by atoms with Gasteiger partial charge in [-0.25, -0.2) is 13.4 Å². The Balaban J connectivity index is 1.80. The number of aromatic nitrogens is 1. The lowest BCUT2D eigenvalue weighted by molar-refractivity contribution is 0.0730. The molecule has 0 N–H and O–H groups in total. The predicted molar refractivity (Wildman–Crippen MR) is 104 cm³/mol. The molecule has 27 heavy (non-hydrogen) atoms. The summed E-state index contributed by atoms with van der Waals surface area (Å²) in [5.74, 6) is 0.539. The van der Waals surface area contributed by atoms with Crippen LogP contribution in [0.5, 0.6) is 0 Å². The van der Waals surface area contributed by atoms with Crippen molar-refractivity contribution in [1.29, 1.82) is 5.26 Å². The third-order valence-electron chi connectivity index (χ3n) is 4.31. The van der Waals surface area contributed by atoms with Crippen LogP contribution in [-0.2, 0) is 20.5 Å². The molecule has 3 rings (SSSR count). The molecule has 0 aliphatic carbocycles. The Morgan fingerprint density at radius 1 is 1.26 bits per heavy atom. The summed E-state index contributed by atoms with van der Waals surface area (Å²) < 4.78 is 32.3. The number of nitrogens with zero attached hydrogens (tertiary/aromatic N) is 3. The maximum atomic E-state index is 12.8. The van der Waals surface area contributed by atoms with Gasteiger partial charge < -0.3 is 4.74 Å². The summed E-state index contributed by atoms with van der Waals surface area (Å²) in [6.45, 7) is 5.38. The molecule has 0 spiro atoms. The Morgan fingerprint density at radius 3 is 2.70 bits per heavy atom. The van der Waals surface area contributed by atoms with E-state index in [1.165, 1.54) is 16.1 Å². The van der Waals surface area contributed by atoms with Crippen LogP contribution in [0.3, 0.4) is 0 Å². The molecule has 0 saturated carbocycles. The Hall–Kier alpha value is -1.92. The maximum Gasteiger partial charge on any atom is 0.243 e. The van der Waals surface area contributed by atoms with Gasteiger partial charge in [0.1, 0.15) is 11.1 Å². The van der Waals surface area contributed by atoms with Crippen LogP contribution in [0.1, 0.15) is 22.4 Å². The number of rotatable bonds is 5. The third-order valence-corrected chi connectivity index (χ3v) is 7.25. The average Bonchev–Trinajstić information content (AvgIpc) is 2.67. The lowest BCUT2D eigenvalue weighted by Crippen LogP contribution is -2.40. The van der Waals surface area contributed by atoms with Crippen molar-refractivity contribution in [2.75, 3.05) is 26.3 Å². The van der Waals surface area contributed by atoms with E-state index in [1.807, 2.05) is 26.0 Å². The first-order valence-electron chi connectivity index (χ1n) is 8.60. The van der Waals surface area contributed by atoms with Gasteiger partial charge >= 0.3 is 0 Å². The summed E-state index contributed by atoms with van der Waals surface area (Å²) in [6.07, 6.45) is 0. The van der Waals surface area contributed by atoms with Gasteiger partial charge in [0, 0.05) is 24.5 Å². The highest BCUT2D eigenvalue weighted by Gasteiger charge is 2.26. The largest absolute Gasteiger partial charge is 0.379 e. The van der Waals surface area contributed by atoms with Crippen LogP contribution in [0.4, 0.5) is 0 Å². The zero-order chi connectivity index (χ0) is 19.4. The molecule has 2 aromatic rings. The summed E-state index contributed by atoms with van der Waals surface area (Å²) in [5.41, 5.74) is 3.20. The van der Waals surface area contributed by atoms with Crippen molar-refractivity contribution in [3.63, 3.8) is 0 Å². The Morgan fingerprint density at radius 2 is 2.00 bits per heavy atom. The van der Waals surface area contributed by atoms with E-state index < -0.39 is 10.0 Å². The van der Waals surface area contributed by atoms with Gasteiger partial charge in [0.25, 0.3) is 0 Å². The topological polar surface area (TPSA) is 83.3 Å². The minimum absolute atomic E-state index is 0.288. The molecule has 6 nitrogen and oxygen atoms in total. The first kappa shape index (κ1) is 19.8. The van der Waals surface area contributed by atoms with Gasteiger partial charge in [0.05, 0.1) is 23.7 Å². The fraction of sp³-hybridized carbons (Fsp3) is 0.368. The molecule has 0 bridgehead atoms. The molecule has 1 aliphatic rings. The van der Waals surface area contributed by atoms with Crippen LogP contribution in [0.2, 0.25) is 0 Å². The molecule has 1 aliphatic heterocycles. The van der Waals surface area contributed by atoms with Crippen LogP contribution in [0.25, 0.3) is 0 Å². The minimum atomic E-state index is -3.52. The van der Waals surface area contributed by atoms with E-state index in [2.05, 4.69) is 11.1 Å². The van der Waals surface area contributed by atoms with E-state index >= 15 is 0 Å². The van der Waals surface area contributed by atoms with Crippen LogP contribution < -0.4 is 0 Å². The number of pyridine rings is 1. The molecule has 1 saturated heterocycles. The number of hydrogen-bond donors (Lipinski definition) is 0. The summed E-state index contributed by atoms with van der Waals surface area (Å²) in [5, 5.41) is 10.1. The third kappa shape index (κ3) is 4.50. The molecule has 1 fully saturated rings. The van der Waals surface area contributed by atoms with Crippen molar-refractivity contribution in [3.8, 4) is 6.07 Å². The molecule has 0 unspecified atom stereocenters. The Labute approximate surface area is 164 Å². The van der Waals surface area contributed by atoms with Crippen LogP contribution >= 0.6 is 11.8 Å². The Kier molecular flexibility index (Phi) is 6.17. The number of morpholine rings is 1. The molecule has 142 valence electrons. The summed E-state index contributed by atoms with van der Waals surface area (Å²) in [7, 11) is -3.52. The van der Waals surface area contributed by atoms with Crippen LogP contribution in [-0.4, -0.2) is 44.0 Å². The van der Waals surface area contributed by atoms with Crippen molar-refractivity contribution in [2.24, 2.45) is 0 Å². The van der Waals surface area contributed by atoms with Gasteiger partial charge in [-0.15, -0.1) is 11.8 Å². The molecular formula is C19H21N3O3S2. The monoisotopic (exact) mass is 403 g/mol. The number of aryl methyl sites for hydroxylation is 2. The zero-order valence-electron chi connectivity index (χ0n) is 15.3.